The van der Waals surface area contributed by atoms with Crippen LogP contribution >= 0.6 is 0 Å². The van der Waals surface area contributed by atoms with Gasteiger partial charge in [-0.15, -0.1) is 0 Å². The zero-order chi connectivity index (χ0) is 13.3. The minimum absolute atomic E-state index is 0.108. The number of likely N-dealkylation sites (tertiary alicyclic amines) is 1. The molecule has 0 aromatic heterocycles. The van der Waals surface area contributed by atoms with E-state index in [1.165, 1.54) is 0 Å². The molecule has 0 bridgehead atoms. The van der Waals surface area contributed by atoms with Gasteiger partial charge in [-0.25, -0.2) is 8.42 Å². The highest BCUT2D eigenvalue weighted by Gasteiger charge is 2.33. The van der Waals surface area contributed by atoms with Crippen molar-refractivity contribution in [1.29, 1.82) is 0 Å². The van der Waals surface area contributed by atoms with Gasteiger partial charge in [-0.2, -0.15) is 0 Å². The molecule has 0 unspecified atom stereocenters. The Morgan fingerprint density at radius 3 is 2.00 bits per heavy atom. The molecule has 1 saturated heterocycles. The third kappa shape index (κ3) is 4.25. The van der Waals surface area contributed by atoms with Crippen molar-refractivity contribution in [2.24, 2.45) is 5.92 Å². The maximum Gasteiger partial charge on any atom is 0.153 e. The van der Waals surface area contributed by atoms with Gasteiger partial charge < -0.3 is 0 Å². The van der Waals surface area contributed by atoms with Crippen LogP contribution in [0.1, 0.15) is 47.5 Å². The van der Waals surface area contributed by atoms with E-state index >= 15 is 0 Å². The highest BCUT2D eigenvalue weighted by Crippen LogP contribution is 2.24. The first-order valence-corrected chi connectivity index (χ1v) is 8.31. The lowest BCUT2D eigenvalue weighted by Gasteiger charge is -2.40. The number of rotatable bonds is 3. The molecule has 102 valence electrons. The van der Waals surface area contributed by atoms with E-state index in [-0.39, 0.29) is 16.7 Å². The molecule has 0 atom stereocenters. The molecule has 0 spiro atoms. The molecule has 17 heavy (non-hydrogen) atoms. The molecular formula is C13H27NO2S. The van der Waals surface area contributed by atoms with Crippen molar-refractivity contribution >= 4 is 9.84 Å². The van der Waals surface area contributed by atoms with Crippen molar-refractivity contribution in [2.75, 3.05) is 18.8 Å². The topological polar surface area (TPSA) is 37.4 Å². The Bertz CT molecular complexity index is 333. The molecule has 3 nitrogen and oxygen atoms in total. The number of hydrogen-bond acceptors (Lipinski definition) is 3. The third-order valence-electron chi connectivity index (χ3n) is 3.46. The first-order chi connectivity index (χ1) is 7.63. The van der Waals surface area contributed by atoms with Crippen LogP contribution in [0.15, 0.2) is 0 Å². The fourth-order valence-electron chi connectivity index (χ4n) is 2.49. The summed E-state index contributed by atoms with van der Waals surface area (Å²) in [5.41, 5.74) is 0.160. The van der Waals surface area contributed by atoms with Crippen LogP contribution in [0.3, 0.4) is 0 Å². The Hall–Kier alpha value is -0.0900. The SMILES string of the molecule is CC(C)CS(=O)(=O)C1CCN(C(C)(C)C)CC1. The number of hydrogen-bond donors (Lipinski definition) is 0. The zero-order valence-corrected chi connectivity index (χ0v) is 12.7. The van der Waals surface area contributed by atoms with Crippen LogP contribution in [-0.4, -0.2) is 42.9 Å². The van der Waals surface area contributed by atoms with E-state index in [1.807, 2.05) is 13.8 Å². The molecule has 1 aliphatic rings. The molecule has 4 heteroatoms. The highest BCUT2D eigenvalue weighted by molar-refractivity contribution is 7.92. The summed E-state index contributed by atoms with van der Waals surface area (Å²) >= 11 is 0. The van der Waals surface area contributed by atoms with Crippen LogP contribution in [0.4, 0.5) is 0 Å². The Balaban J connectivity index is 2.58. The van der Waals surface area contributed by atoms with E-state index in [4.69, 9.17) is 0 Å². The van der Waals surface area contributed by atoms with Crippen LogP contribution in [0, 0.1) is 5.92 Å². The highest BCUT2D eigenvalue weighted by atomic mass is 32.2. The molecule has 0 amide bonds. The summed E-state index contributed by atoms with van der Waals surface area (Å²) in [6, 6.07) is 0. The van der Waals surface area contributed by atoms with E-state index in [0.29, 0.717) is 5.75 Å². The largest absolute Gasteiger partial charge is 0.298 e. The second-order valence-electron chi connectivity index (χ2n) is 6.58. The van der Waals surface area contributed by atoms with Gasteiger partial charge in [-0.05, 0) is 52.6 Å². The summed E-state index contributed by atoms with van der Waals surface area (Å²) in [6.07, 6.45) is 1.60. The number of sulfone groups is 1. The second-order valence-corrected chi connectivity index (χ2v) is 8.91. The van der Waals surface area contributed by atoms with Gasteiger partial charge in [0.25, 0.3) is 0 Å². The molecule has 0 aromatic carbocycles. The summed E-state index contributed by atoms with van der Waals surface area (Å²) in [5.74, 6) is 0.577. The van der Waals surface area contributed by atoms with Crippen molar-refractivity contribution in [3.8, 4) is 0 Å². The van der Waals surface area contributed by atoms with Crippen molar-refractivity contribution in [2.45, 2.75) is 58.2 Å². The maximum atomic E-state index is 12.1. The quantitative estimate of drug-likeness (QED) is 0.782. The van der Waals surface area contributed by atoms with Crippen LogP contribution in [0.2, 0.25) is 0 Å². The Kier molecular flexibility index (Phi) is 4.64. The van der Waals surface area contributed by atoms with Gasteiger partial charge in [0.05, 0.1) is 11.0 Å². The van der Waals surface area contributed by atoms with E-state index in [9.17, 15) is 8.42 Å². The molecule has 0 aromatic rings. The molecular weight excluding hydrogens is 234 g/mol. The Labute approximate surface area is 106 Å². The van der Waals surface area contributed by atoms with Crippen molar-refractivity contribution in [3.63, 3.8) is 0 Å². The van der Waals surface area contributed by atoms with Crippen LogP contribution in [0.25, 0.3) is 0 Å². The van der Waals surface area contributed by atoms with E-state index in [0.717, 1.165) is 25.9 Å². The van der Waals surface area contributed by atoms with E-state index in [2.05, 4.69) is 25.7 Å². The first kappa shape index (κ1) is 15.0. The summed E-state index contributed by atoms with van der Waals surface area (Å²) in [5, 5.41) is -0.108. The molecule has 1 fully saturated rings. The van der Waals surface area contributed by atoms with Crippen LogP contribution in [0.5, 0.6) is 0 Å². The number of nitrogens with zero attached hydrogens (tertiary/aromatic N) is 1. The number of piperidine rings is 1. The molecule has 0 saturated carbocycles. The fourth-order valence-corrected chi connectivity index (χ4v) is 4.62. The van der Waals surface area contributed by atoms with Gasteiger partial charge in [-0.3, -0.25) is 4.90 Å². The monoisotopic (exact) mass is 261 g/mol. The fraction of sp³-hybridized carbons (Fsp3) is 1.00. The lowest BCUT2D eigenvalue weighted by atomic mass is 10.0. The lowest BCUT2D eigenvalue weighted by molar-refractivity contribution is 0.112. The molecule has 1 aliphatic heterocycles. The van der Waals surface area contributed by atoms with Gasteiger partial charge in [0.1, 0.15) is 0 Å². The average Bonchev–Trinajstić information content (AvgIpc) is 2.14. The summed E-state index contributed by atoms with van der Waals surface area (Å²) < 4.78 is 24.3. The zero-order valence-electron chi connectivity index (χ0n) is 11.9. The summed E-state index contributed by atoms with van der Waals surface area (Å²) in [6.45, 7) is 12.3. The predicted molar refractivity (Wildman–Crippen MR) is 73.0 cm³/mol. The molecule has 0 N–H and O–H groups in total. The standard InChI is InChI=1S/C13H27NO2S/c1-11(2)10-17(15,16)12-6-8-14(9-7-12)13(3,4)5/h11-12H,6-10H2,1-5H3. The van der Waals surface area contributed by atoms with Gasteiger partial charge in [0.15, 0.2) is 9.84 Å². The molecule has 0 aliphatic carbocycles. The van der Waals surface area contributed by atoms with Crippen LogP contribution < -0.4 is 0 Å². The average molecular weight is 261 g/mol. The predicted octanol–water partition coefficient (Wildman–Crippen LogP) is 2.32. The molecule has 1 heterocycles. The van der Waals surface area contributed by atoms with Gasteiger partial charge in [0.2, 0.25) is 0 Å². The van der Waals surface area contributed by atoms with E-state index < -0.39 is 9.84 Å². The molecule has 1 rings (SSSR count). The van der Waals surface area contributed by atoms with Gasteiger partial charge in [-0.1, -0.05) is 13.8 Å². The minimum Gasteiger partial charge on any atom is -0.298 e. The van der Waals surface area contributed by atoms with Crippen molar-refractivity contribution < 1.29 is 8.42 Å². The lowest BCUT2D eigenvalue weighted by Crippen LogP contribution is -2.48. The van der Waals surface area contributed by atoms with Crippen LogP contribution in [-0.2, 0) is 9.84 Å². The minimum atomic E-state index is -2.88. The van der Waals surface area contributed by atoms with Gasteiger partial charge >= 0.3 is 0 Å². The Morgan fingerprint density at radius 1 is 1.18 bits per heavy atom. The van der Waals surface area contributed by atoms with Crippen molar-refractivity contribution in [3.05, 3.63) is 0 Å². The smallest absolute Gasteiger partial charge is 0.153 e. The molecule has 0 radical (unpaired) electrons. The normalized spacial score (nSPS) is 21.1. The summed E-state index contributed by atoms with van der Waals surface area (Å²) in [4.78, 5) is 2.38. The summed E-state index contributed by atoms with van der Waals surface area (Å²) in [7, 11) is -2.88. The van der Waals surface area contributed by atoms with Gasteiger partial charge in [0, 0.05) is 5.54 Å². The first-order valence-electron chi connectivity index (χ1n) is 6.59. The second kappa shape index (κ2) is 5.27. The van der Waals surface area contributed by atoms with E-state index in [1.54, 1.807) is 0 Å². The van der Waals surface area contributed by atoms with Crippen molar-refractivity contribution in [1.82, 2.24) is 4.90 Å². The maximum absolute atomic E-state index is 12.1. The third-order valence-corrected chi connectivity index (χ3v) is 6.08. The Morgan fingerprint density at radius 2 is 1.65 bits per heavy atom.